The van der Waals surface area contributed by atoms with Crippen LogP contribution in [0.5, 0.6) is 0 Å². The molecule has 27 heavy (non-hydrogen) atoms. The second kappa shape index (κ2) is 8.35. The van der Waals surface area contributed by atoms with Gasteiger partial charge in [-0.2, -0.15) is 0 Å². The third kappa shape index (κ3) is 4.24. The molecule has 2 aromatic heterocycles. The largest absolute Gasteiger partial charge is 0.355 e. The molecule has 0 aromatic carbocycles. The van der Waals surface area contributed by atoms with Crippen LogP contribution in [0.3, 0.4) is 0 Å². The van der Waals surface area contributed by atoms with Crippen molar-refractivity contribution in [1.29, 1.82) is 0 Å². The molecule has 1 amide bonds. The Morgan fingerprint density at radius 1 is 1.41 bits per heavy atom. The number of amides is 1. The maximum atomic E-state index is 13.4. The van der Waals surface area contributed by atoms with Crippen LogP contribution in [0, 0.1) is 11.8 Å². The van der Waals surface area contributed by atoms with Gasteiger partial charge in [0.15, 0.2) is 5.16 Å². The first-order valence-corrected chi connectivity index (χ1v) is 11.5. The number of thiophene rings is 1. The minimum atomic E-state index is -0.290. The molecule has 0 radical (unpaired) electrons. The van der Waals surface area contributed by atoms with Gasteiger partial charge in [0.05, 0.1) is 10.6 Å². The van der Waals surface area contributed by atoms with E-state index >= 15 is 0 Å². The van der Waals surface area contributed by atoms with Crippen molar-refractivity contribution in [2.75, 3.05) is 6.54 Å². The molecule has 7 heteroatoms. The summed E-state index contributed by atoms with van der Waals surface area (Å²) in [7, 11) is 0. The highest BCUT2D eigenvalue weighted by Gasteiger charge is 2.26. The number of aromatic nitrogens is 2. The number of thioether (sulfide) groups is 1. The van der Waals surface area contributed by atoms with Crippen LogP contribution in [0.25, 0.3) is 10.2 Å². The van der Waals surface area contributed by atoms with Crippen LogP contribution in [0.1, 0.15) is 51.5 Å². The molecule has 0 spiro atoms. The number of rotatable bonds is 6. The molecule has 0 fully saturated rings. The van der Waals surface area contributed by atoms with Crippen LogP contribution in [0.2, 0.25) is 0 Å². The summed E-state index contributed by atoms with van der Waals surface area (Å²) in [4.78, 5) is 32.6. The zero-order valence-electron chi connectivity index (χ0n) is 16.8. The summed E-state index contributed by atoms with van der Waals surface area (Å²) < 4.78 is 1.79. The van der Waals surface area contributed by atoms with Crippen molar-refractivity contribution in [1.82, 2.24) is 14.9 Å². The number of carbonyl (C=O) groups is 1. The fourth-order valence-electron chi connectivity index (χ4n) is 3.55. The van der Waals surface area contributed by atoms with Crippen LogP contribution in [0.4, 0.5) is 0 Å². The van der Waals surface area contributed by atoms with E-state index in [-0.39, 0.29) is 16.7 Å². The summed E-state index contributed by atoms with van der Waals surface area (Å²) in [6, 6.07) is 0. The Balaban J connectivity index is 2.09. The fraction of sp³-hybridized carbons (Fsp3) is 0.650. The first kappa shape index (κ1) is 20.4. The molecule has 0 saturated carbocycles. The topological polar surface area (TPSA) is 64.0 Å². The van der Waals surface area contributed by atoms with E-state index in [9.17, 15) is 9.59 Å². The number of aryl methyl sites for hydroxylation is 1. The van der Waals surface area contributed by atoms with Gasteiger partial charge in [0.25, 0.3) is 5.56 Å². The van der Waals surface area contributed by atoms with Gasteiger partial charge < -0.3 is 5.32 Å². The monoisotopic (exact) mass is 407 g/mol. The van der Waals surface area contributed by atoms with Crippen LogP contribution >= 0.6 is 23.1 Å². The molecule has 2 heterocycles. The number of nitrogens with zero attached hydrogens (tertiary/aromatic N) is 2. The van der Waals surface area contributed by atoms with Crippen LogP contribution < -0.4 is 10.9 Å². The van der Waals surface area contributed by atoms with E-state index < -0.39 is 0 Å². The zero-order valence-corrected chi connectivity index (χ0v) is 18.4. The Morgan fingerprint density at radius 2 is 2.15 bits per heavy atom. The number of fused-ring (bicyclic) bond motifs is 3. The third-order valence-electron chi connectivity index (χ3n) is 4.93. The number of hydrogen-bond donors (Lipinski definition) is 1. The van der Waals surface area contributed by atoms with Crippen molar-refractivity contribution in [3.63, 3.8) is 0 Å². The Labute approximate surface area is 169 Å². The van der Waals surface area contributed by atoms with Gasteiger partial charge in [-0.1, -0.05) is 32.5 Å². The SMILES string of the molecule is CCNC(=O)C(C)Sc1nc2sc3c(c2c(=O)n1CC(C)C)CCC(C)C3. The lowest BCUT2D eigenvalue weighted by atomic mass is 9.89. The van der Waals surface area contributed by atoms with Gasteiger partial charge in [0, 0.05) is 18.0 Å². The Hall–Kier alpha value is -1.34. The first-order valence-electron chi connectivity index (χ1n) is 9.81. The predicted molar refractivity (Wildman–Crippen MR) is 114 cm³/mol. The van der Waals surface area contributed by atoms with Crippen LogP contribution in [-0.4, -0.2) is 27.3 Å². The molecular weight excluding hydrogens is 378 g/mol. The van der Waals surface area contributed by atoms with E-state index in [1.165, 1.54) is 22.2 Å². The smallest absolute Gasteiger partial charge is 0.263 e. The van der Waals surface area contributed by atoms with E-state index in [1.54, 1.807) is 15.9 Å². The van der Waals surface area contributed by atoms with Crippen molar-refractivity contribution < 1.29 is 4.79 Å². The molecule has 2 atom stereocenters. The second-order valence-corrected chi connectivity index (χ2v) is 10.3. The van der Waals surface area contributed by atoms with E-state index in [0.29, 0.717) is 30.1 Å². The molecule has 1 aliphatic carbocycles. The van der Waals surface area contributed by atoms with Crippen LogP contribution in [0.15, 0.2) is 9.95 Å². The van der Waals surface area contributed by atoms with Gasteiger partial charge in [-0.05, 0) is 50.5 Å². The van der Waals surface area contributed by atoms with Gasteiger partial charge >= 0.3 is 0 Å². The lowest BCUT2D eigenvalue weighted by Gasteiger charge is -2.18. The Morgan fingerprint density at radius 3 is 2.81 bits per heavy atom. The normalized spacial score (nSPS) is 17.9. The minimum Gasteiger partial charge on any atom is -0.355 e. The Kier molecular flexibility index (Phi) is 6.31. The van der Waals surface area contributed by atoms with Gasteiger partial charge in [0.2, 0.25) is 5.91 Å². The van der Waals surface area contributed by atoms with E-state index in [2.05, 4.69) is 26.1 Å². The van der Waals surface area contributed by atoms with E-state index in [1.807, 2.05) is 13.8 Å². The van der Waals surface area contributed by atoms with Crippen molar-refractivity contribution in [2.24, 2.45) is 11.8 Å². The van der Waals surface area contributed by atoms with E-state index in [4.69, 9.17) is 4.98 Å². The van der Waals surface area contributed by atoms with Crippen molar-refractivity contribution in [3.8, 4) is 0 Å². The summed E-state index contributed by atoms with van der Waals surface area (Å²) >= 11 is 3.05. The van der Waals surface area contributed by atoms with Crippen molar-refractivity contribution in [2.45, 2.75) is 70.8 Å². The molecule has 0 bridgehead atoms. The fourth-order valence-corrected chi connectivity index (χ4v) is 5.92. The highest BCUT2D eigenvalue weighted by molar-refractivity contribution is 8.00. The van der Waals surface area contributed by atoms with Crippen molar-refractivity contribution in [3.05, 3.63) is 20.8 Å². The number of hydrogen-bond acceptors (Lipinski definition) is 5. The zero-order chi connectivity index (χ0) is 19.7. The summed E-state index contributed by atoms with van der Waals surface area (Å²) in [5, 5.41) is 4.04. The highest BCUT2D eigenvalue weighted by atomic mass is 32.2. The highest BCUT2D eigenvalue weighted by Crippen LogP contribution is 2.37. The van der Waals surface area contributed by atoms with Gasteiger partial charge in [-0.3, -0.25) is 14.2 Å². The maximum absolute atomic E-state index is 13.4. The molecule has 148 valence electrons. The standard InChI is InChI=1S/C20H29N3O2S2/c1-6-21-17(24)13(5)26-20-22-18-16(19(25)23(20)10-11(2)3)14-8-7-12(4)9-15(14)27-18/h11-13H,6-10H2,1-5H3,(H,21,24). The molecule has 2 unspecified atom stereocenters. The summed E-state index contributed by atoms with van der Waals surface area (Å²) in [6.07, 6.45) is 3.14. The molecule has 3 rings (SSSR count). The molecule has 5 nitrogen and oxygen atoms in total. The summed E-state index contributed by atoms with van der Waals surface area (Å²) in [6.45, 7) is 11.5. The molecule has 0 aliphatic heterocycles. The first-order chi connectivity index (χ1) is 12.8. The van der Waals surface area contributed by atoms with Gasteiger partial charge in [-0.15, -0.1) is 11.3 Å². The molecule has 2 aromatic rings. The van der Waals surface area contributed by atoms with Gasteiger partial charge in [0.1, 0.15) is 4.83 Å². The minimum absolute atomic E-state index is 0.0211. The molecule has 1 aliphatic rings. The molecule has 1 N–H and O–H groups in total. The quantitative estimate of drug-likeness (QED) is 0.583. The van der Waals surface area contributed by atoms with Crippen molar-refractivity contribution >= 4 is 39.2 Å². The average molecular weight is 408 g/mol. The second-order valence-electron chi connectivity index (χ2n) is 7.89. The molecule has 0 saturated heterocycles. The summed E-state index contributed by atoms with van der Waals surface area (Å²) in [5.74, 6) is 0.970. The van der Waals surface area contributed by atoms with E-state index in [0.717, 1.165) is 29.5 Å². The lowest BCUT2D eigenvalue weighted by Crippen LogP contribution is -2.32. The molecular formula is C20H29N3O2S2. The number of nitrogens with one attached hydrogen (secondary N) is 1. The Bertz CT molecular complexity index is 901. The lowest BCUT2D eigenvalue weighted by molar-refractivity contribution is -0.120. The van der Waals surface area contributed by atoms with Gasteiger partial charge in [-0.25, -0.2) is 4.98 Å². The van der Waals surface area contributed by atoms with Crippen LogP contribution in [-0.2, 0) is 24.2 Å². The predicted octanol–water partition coefficient (Wildman–Crippen LogP) is 3.86. The maximum Gasteiger partial charge on any atom is 0.263 e. The third-order valence-corrected chi connectivity index (χ3v) is 7.17. The summed E-state index contributed by atoms with van der Waals surface area (Å²) in [5.41, 5.74) is 1.28. The average Bonchev–Trinajstić information content (AvgIpc) is 2.95. The number of carbonyl (C=O) groups excluding carboxylic acids is 1.